The van der Waals surface area contributed by atoms with Gasteiger partial charge in [-0.15, -0.1) is 0 Å². The van der Waals surface area contributed by atoms with E-state index in [0.717, 1.165) is 17.5 Å². The van der Waals surface area contributed by atoms with Crippen LogP contribution in [0.3, 0.4) is 0 Å². The number of aryl methyl sites for hydroxylation is 1. The summed E-state index contributed by atoms with van der Waals surface area (Å²) in [5.41, 5.74) is 2.89. The van der Waals surface area contributed by atoms with Gasteiger partial charge < -0.3 is 4.90 Å². The average molecular weight is 283 g/mol. The molecule has 1 heterocycles. The van der Waals surface area contributed by atoms with Gasteiger partial charge in [0.15, 0.2) is 0 Å². The van der Waals surface area contributed by atoms with E-state index in [9.17, 15) is 13.2 Å². The summed E-state index contributed by atoms with van der Waals surface area (Å²) in [4.78, 5) is 1.42. The van der Waals surface area contributed by atoms with Crippen molar-refractivity contribution in [1.29, 1.82) is 0 Å². The van der Waals surface area contributed by atoms with Crippen LogP contribution in [0.2, 0.25) is 0 Å². The van der Waals surface area contributed by atoms with E-state index in [4.69, 9.17) is 0 Å². The van der Waals surface area contributed by atoms with E-state index in [1.807, 2.05) is 38.1 Å². The number of hydrogen-bond acceptors (Lipinski definition) is 1. The summed E-state index contributed by atoms with van der Waals surface area (Å²) >= 11 is 0. The predicted molar refractivity (Wildman–Crippen MR) is 74.5 cm³/mol. The van der Waals surface area contributed by atoms with Crippen LogP contribution in [0.5, 0.6) is 0 Å². The van der Waals surface area contributed by atoms with Crippen molar-refractivity contribution in [3.63, 3.8) is 0 Å². The summed E-state index contributed by atoms with van der Waals surface area (Å²) in [5.74, 6) is 0.129. The minimum absolute atomic E-state index is 0.129. The minimum Gasteiger partial charge on any atom is -0.363 e. The molecule has 2 atom stereocenters. The smallest absolute Gasteiger partial charge is 0.363 e. The van der Waals surface area contributed by atoms with Crippen LogP contribution < -0.4 is 0 Å². The Kier molecular flexibility index (Phi) is 4.11. The molecular weight excluding hydrogens is 263 g/mol. The monoisotopic (exact) mass is 283 g/mol. The Morgan fingerprint density at radius 2 is 1.95 bits per heavy atom. The van der Waals surface area contributed by atoms with Crippen molar-refractivity contribution in [1.82, 2.24) is 4.90 Å². The highest BCUT2D eigenvalue weighted by atomic mass is 19.4. The fourth-order valence-corrected chi connectivity index (χ4v) is 3.08. The summed E-state index contributed by atoms with van der Waals surface area (Å²) in [6, 6.07) is 7.76. The van der Waals surface area contributed by atoms with Crippen molar-refractivity contribution in [3.8, 4) is 0 Å². The molecule has 0 saturated carbocycles. The second-order valence-corrected chi connectivity index (χ2v) is 5.55. The SMILES string of the molecule is C=C1CC[C@@H](c2ccccc2C)[C@@H](C)N1CC(F)(F)F. The van der Waals surface area contributed by atoms with Crippen LogP contribution >= 0.6 is 0 Å². The van der Waals surface area contributed by atoms with Crippen molar-refractivity contribution in [2.45, 2.75) is 44.8 Å². The van der Waals surface area contributed by atoms with Crippen molar-refractivity contribution in [2.24, 2.45) is 0 Å². The molecule has 1 nitrogen and oxygen atoms in total. The van der Waals surface area contributed by atoms with Crippen LogP contribution in [-0.4, -0.2) is 23.7 Å². The Morgan fingerprint density at radius 3 is 2.55 bits per heavy atom. The number of nitrogens with zero attached hydrogens (tertiary/aromatic N) is 1. The number of benzene rings is 1. The van der Waals surface area contributed by atoms with Crippen LogP contribution in [0.25, 0.3) is 0 Å². The van der Waals surface area contributed by atoms with Gasteiger partial charge in [0.05, 0.1) is 0 Å². The molecule has 0 spiro atoms. The van der Waals surface area contributed by atoms with Gasteiger partial charge in [-0.3, -0.25) is 0 Å². The fraction of sp³-hybridized carbons (Fsp3) is 0.500. The molecule has 1 fully saturated rings. The van der Waals surface area contributed by atoms with Crippen molar-refractivity contribution >= 4 is 0 Å². The molecule has 0 unspecified atom stereocenters. The topological polar surface area (TPSA) is 3.24 Å². The first-order chi connectivity index (χ1) is 9.29. The van der Waals surface area contributed by atoms with Gasteiger partial charge in [-0.25, -0.2) is 0 Å². The van der Waals surface area contributed by atoms with Crippen molar-refractivity contribution in [2.75, 3.05) is 6.54 Å². The first-order valence-corrected chi connectivity index (χ1v) is 6.86. The number of rotatable bonds is 2. The first-order valence-electron chi connectivity index (χ1n) is 6.86. The lowest BCUT2D eigenvalue weighted by molar-refractivity contribution is -0.148. The van der Waals surface area contributed by atoms with Gasteiger partial charge in [0.25, 0.3) is 0 Å². The number of alkyl halides is 3. The molecular formula is C16H20F3N. The highest BCUT2D eigenvalue weighted by molar-refractivity contribution is 5.31. The van der Waals surface area contributed by atoms with Gasteiger partial charge in [-0.05, 0) is 37.8 Å². The predicted octanol–water partition coefficient (Wildman–Crippen LogP) is 4.64. The van der Waals surface area contributed by atoms with Gasteiger partial charge >= 0.3 is 6.18 Å². The highest BCUT2D eigenvalue weighted by Crippen LogP contribution is 2.39. The van der Waals surface area contributed by atoms with Crippen LogP contribution in [0.4, 0.5) is 13.2 Å². The normalized spacial score (nSPS) is 24.1. The zero-order valence-corrected chi connectivity index (χ0v) is 11.9. The standard InChI is InChI=1S/C16H20F3N/c1-11-6-4-5-7-14(11)15-9-8-12(2)20(13(15)3)10-16(17,18)19/h4-7,13,15H,2,8-10H2,1,3H3/t13-,15-/m1/s1. The molecule has 0 aliphatic carbocycles. The fourth-order valence-electron chi connectivity index (χ4n) is 3.08. The van der Waals surface area contributed by atoms with E-state index in [1.165, 1.54) is 4.90 Å². The van der Waals surface area contributed by atoms with Gasteiger partial charge in [-0.1, -0.05) is 30.8 Å². The van der Waals surface area contributed by atoms with Crippen LogP contribution in [0.15, 0.2) is 36.5 Å². The summed E-state index contributed by atoms with van der Waals surface area (Å²) in [7, 11) is 0. The van der Waals surface area contributed by atoms with Gasteiger partial charge in [-0.2, -0.15) is 13.2 Å². The van der Waals surface area contributed by atoms with E-state index in [0.29, 0.717) is 12.1 Å². The lowest BCUT2D eigenvalue weighted by Crippen LogP contribution is -2.45. The minimum atomic E-state index is -4.19. The van der Waals surface area contributed by atoms with Gasteiger partial charge in [0.2, 0.25) is 0 Å². The number of halogens is 3. The molecule has 1 aliphatic rings. The molecule has 0 amide bonds. The molecule has 0 aromatic heterocycles. The molecule has 0 N–H and O–H groups in total. The van der Waals surface area contributed by atoms with E-state index in [2.05, 4.69) is 6.58 Å². The molecule has 1 aromatic rings. The third kappa shape index (κ3) is 3.17. The third-order valence-corrected chi connectivity index (χ3v) is 4.16. The Morgan fingerprint density at radius 1 is 1.30 bits per heavy atom. The summed E-state index contributed by atoms with van der Waals surface area (Å²) in [5, 5.41) is 0. The maximum absolute atomic E-state index is 12.7. The summed E-state index contributed by atoms with van der Waals surface area (Å²) in [6.07, 6.45) is -2.70. The second-order valence-electron chi connectivity index (χ2n) is 5.55. The maximum atomic E-state index is 12.7. The molecule has 4 heteroatoms. The lowest BCUT2D eigenvalue weighted by atomic mass is 9.81. The summed E-state index contributed by atoms with van der Waals surface area (Å²) < 4.78 is 38.1. The number of hydrogen-bond donors (Lipinski definition) is 0. The number of allylic oxidation sites excluding steroid dienone is 1. The second kappa shape index (κ2) is 5.51. The molecule has 1 aliphatic heterocycles. The van der Waals surface area contributed by atoms with E-state index in [1.54, 1.807) is 0 Å². The third-order valence-electron chi connectivity index (χ3n) is 4.16. The molecule has 0 radical (unpaired) electrons. The van der Waals surface area contributed by atoms with E-state index in [-0.39, 0.29) is 12.0 Å². The van der Waals surface area contributed by atoms with Crippen molar-refractivity contribution < 1.29 is 13.2 Å². The first kappa shape index (κ1) is 14.9. The quantitative estimate of drug-likeness (QED) is 0.764. The lowest BCUT2D eigenvalue weighted by Gasteiger charge is -2.43. The van der Waals surface area contributed by atoms with Crippen LogP contribution in [0, 0.1) is 6.92 Å². The molecule has 1 saturated heterocycles. The molecule has 20 heavy (non-hydrogen) atoms. The van der Waals surface area contributed by atoms with Gasteiger partial charge in [0.1, 0.15) is 6.54 Å². The van der Waals surface area contributed by atoms with Gasteiger partial charge in [0, 0.05) is 17.7 Å². The number of piperidine rings is 1. The highest BCUT2D eigenvalue weighted by Gasteiger charge is 2.38. The Balaban J connectivity index is 2.25. The summed E-state index contributed by atoms with van der Waals surface area (Å²) in [6.45, 7) is 6.78. The van der Waals surface area contributed by atoms with Crippen LogP contribution in [0.1, 0.15) is 36.8 Å². The largest absolute Gasteiger partial charge is 0.405 e. The zero-order chi connectivity index (χ0) is 14.9. The molecule has 2 rings (SSSR count). The Bertz CT molecular complexity index is 493. The maximum Gasteiger partial charge on any atom is 0.405 e. The van der Waals surface area contributed by atoms with E-state index < -0.39 is 12.7 Å². The zero-order valence-electron chi connectivity index (χ0n) is 11.9. The number of likely N-dealkylation sites (tertiary alicyclic amines) is 1. The Labute approximate surface area is 118 Å². The van der Waals surface area contributed by atoms with Crippen LogP contribution in [-0.2, 0) is 0 Å². The average Bonchev–Trinajstić information content (AvgIpc) is 2.35. The molecule has 0 bridgehead atoms. The molecule has 1 aromatic carbocycles. The molecule has 110 valence electrons. The van der Waals surface area contributed by atoms with Crippen molar-refractivity contribution in [3.05, 3.63) is 47.7 Å². The van der Waals surface area contributed by atoms with E-state index >= 15 is 0 Å². The Hall–Kier alpha value is -1.45.